The van der Waals surface area contributed by atoms with Crippen LogP contribution in [0.1, 0.15) is 33.3 Å². The number of amides is 1. The summed E-state index contributed by atoms with van der Waals surface area (Å²) >= 11 is 0. The molecule has 0 radical (unpaired) electrons. The van der Waals surface area contributed by atoms with E-state index in [1.807, 2.05) is 63.8 Å². The SMILES string of the molecule is CCNC(C)(C)C(=O)N(CC)c1ccccc1C. The van der Waals surface area contributed by atoms with Crippen molar-refractivity contribution in [1.29, 1.82) is 0 Å². The van der Waals surface area contributed by atoms with Crippen LogP contribution in [0.5, 0.6) is 0 Å². The fraction of sp³-hybridized carbons (Fsp3) is 0.533. The van der Waals surface area contributed by atoms with E-state index in [0.717, 1.165) is 17.8 Å². The number of likely N-dealkylation sites (N-methyl/N-ethyl adjacent to an activating group) is 2. The topological polar surface area (TPSA) is 32.3 Å². The molecule has 0 heterocycles. The van der Waals surface area contributed by atoms with Gasteiger partial charge >= 0.3 is 0 Å². The van der Waals surface area contributed by atoms with Gasteiger partial charge in [-0.2, -0.15) is 0 Å². The van der Waals surface area contributed by atoms with Crippen LogP contribution in [0.3, 0.4) is 0 Å². The van der Waals surface area contributed by atoms with Crippen LogP contribution in [0.15, 0.2) is 24.3 Å². The average Bonchev–Trinajstić information content (AvgIpc) is 2.32. The number of nitrogens with zero attached hydrogens (tertiary/aromatic N) is 1. The summed E-state index contributed by atoms with van der Waals surface area (Å²) in [5, 5.41) is 3.23. The maximum absolute atomic E-state index is 12.6. The summed E-state index contributed by atoms with van der Waals surface area (Å²) < 4.78 is 0. The number of anilines is 1. The summed E-state index contributed by atoms with van der Waals surface area (Å²) in [6.07, 6.45) is 0. The Morgan fingerprint density at radius 3 is 2.39 bits per heavy atom. The molecule has 1 amide bonds. The molecule has 3 heteroatoms. The van der Waals surface area contributed by atoms with Gasteiger partial charge in [0.2, 0.25) is 5.91 Å². The Morgan fingerprint density at radius 2 is 1.89 bits per heavy atom. The van der Waals surface area contributed by atoms with Crippen LogP contribution in [0, 0.1) is 6.92 Å². The van der Waals surface area contributed by atoms with E-state index in [4.69, 9.17) is 0 Å². The van der Waals surface area contributed by atoms with Gasteiger partial charge in [-0.3, -0.25) is 4.79 Å². The molecule has 100 valence electrons. The molecule has 0 saturated heterocycles. The van der Waals surface area contributed by atoms with Gasteiger partial charge < -0.3 is 10.2 Å². The summed E-state index contributed by atoms with van der Waals surface area (Å²) in [6.45, 7) is 11.4. The fourth-order valence-corrected chi connectivity index (χ4v) is 2.14. The van der Waals surface area contributed by atoms with Crippen molar-refractivity contribution in [2.24, 2.45) is 0 Å². The first kappa shape index (κ1) is 14.7. The van der Waals surface area contributed by atoms with Crippen molar-refractivity contribution in [2.45, 2.75) is 40.2 Å². The zero-order chi connectivity index (χ0) is 13.8. The number of para-hydroxylation sites is 1. The van der Waals surface area contributed by atoms with Crippen molar-refractivity contribution >= 4 is 11.6 Å². The molecule has 0 bridgehead atoms. The lowest BCUT2D eigenvalue weighted by molar-refractivity contribution is -0.123. The van der Waals surface area contributed by atoms with E-state index in [9.17, 15) is 4.79 Å². The Bertz CT molecular complexity index is 413. The summed E-state index contributed by atoms with van der Waals surface area (Å²) in [7, 11) is 0. The molecule has 1 N–H and O–H groups in total. The normalized spacial score (nSPS) is 11.4. The van der Waals surface area contributed by atoms with Gasteiger partial charge in [0.05, 0.1) is 5.54 Å². The van der Waals surface area contributed by atoms with Crippen LogP contribution < -0.4 is 10.2 Å². The van der Waals surface area contributed by atoms with Crippen molar-refractivity contribution in [2.75, 3.05) is 18.0 Å². The number of carbonyl (C=O) groups is 1. The number of carbonyl (C=O) groups excluding carboxylic acids is 1. The van der Waals surface area contributed by atoms with Gasteiger partial charge in [0, 0.05) is 12.2 Å². The van der Waals surface area contributed by atoms with E-state index >= 15 is 0 Å². The van der Waals surface area contributed by atoms with Crippen molar-refractivity contribution in [3.05, 3.63) is 29.8 Å². The van der Waals surface area contributed by atoms with Crippen LogP contribution in [0.25, 0.3) is 0 Å². The lowest BCUT2D eigenvalue weighted by Crippen LogP contribution is -2.54. The molecule has 0 aliphatic rings. The van der Waals surface area contributed by atoms with E-state index in [2.05, 4.69) is 5.32 Å². The van der Waals surface area contributed by atoms with E-state index in [0.29, 0.717) is 6.54 Å². The van der Waals surface area contributed by atoms with Crippen molar-refractivity contribution in [1.82, 2.24) is 5.32 Å². The minimum absolute atomic E-state index is 0.112. The third-order valence-electron chi connectivity index (χ3n) is 3.12. The number of rotatable bonds is 5. The van der Waals surface area contributed by atoms with E-state index in [-0.39, 0.29) is 5.91 Å². The Labute approximate surface area is 110 Å². The number of benzene rings is 1. The summed E-state index contributed by atoms with van der Waals surface area (Å²) in [4.78, 5) is 14.4. The van der Waals surface area contributed by atoms with Crippen LogP contribution in [0.4, 0.5) is 5.69 Å². The Kier molecular flexibility index (Phi) is 4.91. The highest BCUT2D eigenvalue weighted by Crippen LogP contribution is 2.22. The number of hydrogen-bond donors (Lipinski definition) is 1. The smallest absolute Gasteiger partial charge is 0.246 e. The molecule has 0 aliphatic carbocycles. The Balaban J connectivity index is 3.04. The van der Waals surface area contributed by atoms with Crippen LogP contribution in [-0.4, -0.2) is 24.5 Å². The van der Waals surface area contributed by atoms with Gasteiger partial charge in [-0.1, -0.05) is 25.1 Å². The number of hydrogen-bond acceptors (Lipinski definition) is 2. The lowest BCUT2D eigenvalue weighted by atomic mass is 10.0. The predicted octanol–water partition coefficient (Wildman–Crippen LogP) is 2.74. The van der Waals surface area contributed by atoms with E-state index < -0.39 is 5.54 Å². The molecule has 0 saturated carbocycles. The van der Waals surface area contributed by atoms with Crippen molar-refractivity contribution in [3.8, 4) is 0 Å². The predicted molar refractivity (Wildman–Crippen MR) is 77.0 cm³/mol. The van der Waals surface area contributed by atoms with Gasteiger partial charge in [-0.05, 0) is 45.9 Å². The van der Waals surface area contributed by atoms with E-state index in [1.54, 1.807) is 0 Å². The third-order valence-corrected chi connectivity index (χ3v) is 3.12. The molecule has 0 unspecified atom stereocenters. The minimum Gasteiger partial charge on any atom is -0.311 e. The maximum Gasteiger partial charge on any atom is 0.246 e. The van der Waals surface area contributed by atoms with Gasteiger partial charge in [0.25, 0.3) is 0 Å². The quantitative estimate of drug-likeness (QED) is 0.869. The largest absolute Gasteiger partial charge is 0.311 e. The fourth-order valence-electron chi connectivity index (χ4n) is 2.14. The molecular weight excluding hydrogens is 224 g/mol. The molecule has 1 rings (SSSR count). The zero-order valence-electron chi connectivity index (χ0n) is 12.1. The minimum atomic E-state index is -0.535. The molecule has 0 fully saturated rings. The molecule has 0 aliphatic heterocycles. The molecule has 1 aromatic rings. The average molecular weight is 248 g/mol. The molecule has 0 aromatic heterocycles. The molecule has 18 heavy (non-hydrogen) atoms. The van der Waals surface area contributed by atoms with Gasteiger partial charge in [-0.15, -0.1) is 0 Å². The molecular formula is C15H24N2O. The van der Waals surface area contributed by atoms with Crippen LogP contribution in [0.2, 0.25) is 0 Å². The first-order chi connectivity index (χ1) is 8.44. The monoisotopic (exact) mass is 248 g/mol. The summed E-state index contributed by atoms with van der Waals surface area (Å²) in [6, 6.07) is 8.00. The third kappa shape index (κ3) is 3.10. The van der Waals surface area contributed by atoms with E-state index in [1.165, 1.54) is 0 Å². The number of nitrogens with one attached hydrogen (secondary N) is 1. The highest BCUT2D eigenvalue weighted by molar-refractivity contribution is 6.00. The molecule has 1 aromatic carbocycles. The number of aryl methyl sites for hydroxylation is 1. The van der Waals surface area contributed by atoms with Crippen LogP contribution in [-0.2, 0) is 4.79 Å². The Hall–Kier alpha value is -1.35. The summed E-state index contributed by atoms with van der Waals surface area (Å²) in [5.41, 5.74) is 1.59. The zero-order valence-corrected chi connectivity index (χ0v) is 12.1. The molecule has 0 spiro atoms. The second-order valence-electron chi connectivity index (χ2n) is 4.99. The highest BCUT2D eigenvalue weighted by atomic mass is 16.2. The van der Waals surface area contributed by atoms with Crippen molar-refractivity contribution in [3.63, 3.8) is 0 Å². The Morgan fingerprint density at radius 1 is 1.28 bits per heavy atom. The van der Waals surface area contributed by atoms with Crippen LogP contribution >= 0.6 is 0 Å². The first-order valence-corrected chi connectivity index (χ1v) is 6.56. The van der Waals surface area contributed by atoms with Crippen molar-refractivity contribution < 1.29 is 4.79 Å². The lowest BCUT2D eigenvalue weighted by Gasteiger charge is -2.32. The van der Waals surface area contributed by atoms with Gasteiger partial charge in [0.15, 0.2) is 0 Å². The maximum atomic E-state index is 12.6. The second kappa shape index (κ2) is 6.01. The molecule has 3 nitrogen and oxygen atoms in total. The first-order valence-electron chi connectivity index (χ1n) is 6.56. The summed E-state index contributed by atoms with van der Waals surface area (Å²) in [5.74, 6) is 0.112. The van der Waals surface area contributed by atoms with Gasteiger partial charge in [0.1, 0.15) is 0 Å². The second-order valence-corrected chi connectivity index (χ2v) is 4.99. The standard InChI is InChI=1S/C15H24N2O/c1-6-16-15(4,5)14(18)17(7-2)13-11-9-8-10-12(13)3/h8-11,16H,6-7H2,1-5H3. The highest BCUT2D eigenvalue weighted by Gasteiger charge is 2.31. The molecule has 0 atom stereocenters. The van der Waals surface area contributed by atoms with Gasteiger partial charge in [-0.25, -0.2) is 0 Å².